The van der Waals surface area contributed by atoms with Crippen molar-refractivity contribution in [3.05, 3.63) is 15.6 Å². The summed E-state index contributed by atoms with van der Waals surface area (Å²) in [5.74, 6) is 0.391. The average molecular weight is 240 g/mol. The summed E-state index contributed by atoms with van der Waals surface area (Å²) in [6.07, 6.45) is 2.17. The van der Waals surface area contributed by atoms with Gasteiger partial charge in [-0.15, -0.1) is 11.3 Å². The van der Waals surface area contributed by atoms with E-state index in [0.717, 1.165) is 30.2 Å². The van der Waals surface area contributed by atoms with E-state index < -0.39 is 0 Å². The Morgan fingerprint density at radius 2 is 2.50 bits per heavy atom. The minimum absolute atomic E-state index is 0.272. The lowest BCUT2D eigenvalue weighted by molar-refractivity contribution is 0.0605. The lowest BCUT2D eigenvalue weighted by Crippen LogP contribution is -2.10. The fourth-order valence-corrected chi connectivity index (χ4v) is 3.05. The number of esters is 1. The second-order valence-electron chi connectivity index (χ2n) is 4.08. The topological polar surface area (TPSA) is 51.2 Å². The van der Waals surface area contributed by atoms with Gasteiger partial charge < -0.3 is 10.1 Å². The number of methoxy groups -OCH3 is 1. The lowest BCUT2D eigenvalue weighted by atomic mass is 10.1. The molecule has 1 aliphatic heterocycles. The van der Waals surface area contributed by atoms with Gasteiger partial charge in [-0.3, -0.25) is 0 Å². The highest BCUT2D eigenvalue weighted by atomic mass is 32.1. The van der Waals surface area contributed by atoms with Gasteiger partial charge in [0.2, 0.25) is 0 Å². The Hall–Kier alpha value is -0.940. The summed E-state index contributed by atoms with van der Waals surface area (Å²) >= 11 is 1.47. The number of nitrogens with one attached hydrogen (secondary N) is 1. The quantitative estimate of drug-likeness (QED) is 0.811. The fraction of sp³-hybridized carbons (Fsp3) is 0.636. The third kappa shape index (κ3) is 2.41. The normalized spacial score (nSPS) is 20.0. The number of hydrogen-bond donors (Lipinski definition) is 1. The van der Waals surface area contributed by atoms with Crippen LogP contribution in [0, 0.1) is 12.8 Å². The van der Waals surface area contributed by atoms with E-state index in [9.17, 15) is 4.79 Å². The summed E-state index contributed by atoms with van der Waals surface area (Å²) in [6, 6.07) is 0. The molecule has 1 unspecified atom stereocenters. The number of carbonyl (C=O) groups excluding carboxylic acids is 1. The van der Waals surface area contributed by atoms with Gasteiger partial charge in [0.1, 0.15) is 4.88 Å². The first-order valence-corrected chi connectivity index (χ1v) is 6.27. The van der Waals surface area contributed by atoms with Crippen LogP contribution >= 0.6 is 11.3 Å². The van der Waals surface area contributed by atoms with Gasteiger partial charge in [-0.2, -0.15) is 0 Å². The van der Waals surface area contributed by atoms with Gasteiger partial charge in [-0.25, -0.2) is 9.78 Å². The number of hydrogen-bond acceptors (Lipinski definition) is 5. The monoisotopic (exact) mass is 240 g/mol. The van der Waals surface area contributed by atoms with E-state index in [4.69, 9.17) is 4.74 Å². The summed E-state index contributed by atoms with van der Waals surface area (Å²) in [4.78, 5) is 16.5. The van der Waals surface area contributed by atoms with Crippen LogP contribution in [0.3, 0.4) is 0 Å². The van der Waals surface area contributed by atoms with Gasteiger partial charge in [0.25, 0.3) is 0 Å². The van der Waals surface area contributed by atoms with Crippen LogP contribution < -0.4 is 5.32 Å². The molecule has 1 fully saturated rings. The number of thiazole rings is 1. The Kier molecular flexibility index (Phi) is 3.56. The molecular formula is C11H16N2O2S. The third-order valence-corrected chi connectivity index (χ3v) is 4.00. The van der Waals surface area contributed by atoms with Crippen LogP contribution in [0.1, 0.15) is 26.8 Å². The van der Waals surface area contributed by atoms with Crippen LogP contribution in [0.4, 0.5) is 0 Å². The van der Waals surface area contributed by atoms with Crippen molar-refractivity contribution in [2.75, 3.05) is 20.2 Å². The molecule has 16 heavy (non-hydrogen) atoms. The predicted octanol–water partition coefficient (Wildman–Crippen LogP) is 1.39. The molecule has 2 rings (SSSR count). The molecule has 4 nitrogen and oxygen atoms in total. The molecule has 88 valence electrons. The highest BCUT2D eigenvalue weighted by molar-refractivity contribution is 7.13. The van der Waals surface area contributed by atoms with Crippen LogP contribution in [-0.4, -0.2) is 31.2 Å². The smallest absolute Gasteiger partial charge is 0.349 e. The number of aryl methyl sites for hydroxylation is 1. The highest BCUT2D eigenvalue weighted by Gasteiger charge is 2.20. The van der Waals surface area contributed by atoms with E-state index >= 15 is 0 Å². The maximum Gasteiger partial charge on any atom is 0.349 e. The van der Waals surface area contributed by atoms with Gasteiger partial charge in [0, 0.05) is 6.42 Å². The van der Waals surface area contributed by atoms with Gasteiger partial charge in [-0.05, 0) is 32.4 Å². The largest absolute Gasteiger partial charge is 0.465 e. The lowest BCUT2D eigenvalue weighted by Gasteiger charge is -2.03. The van der Waals surface area contributed by atoms with Crippen molar-refractivity contribution in [3.8, 4) is 0 Å². The molecule has 1 aromatic rings. The number of carbonyl (C=O) groups is 1. The van der Waals surface area contributed by atoms with Gasteiger partial charge in [0.05, 0.1) is 17.8 Å². The summed E-state index contributed by atoms with van der Waals surface area (Å²) < 4.78 is 4.72. The van der Waals surface area contributed by atoms with Crippen molar-refractivity contribution >= 4 is 17.3 Å². The number of ether oxygens (including phenoxy) is 1. The molecule has 0 bridgehead atoms. The molecule has 0 spiro atoms. The third-order valence-electron chi connectivity index (χ3n) is 2.84. The van der Waals surface area contributed by atoms with E-state index in [2.05, 4.69) is 10.3 Å². The van der Waals surface area contributed by atoms with Crippen LogP contribution in [0.2, 0.25) is 0 Å². The molecule has 2 heterocycles. The summed E-state index contributed by atoms with van der Waals surface area (Å²) in [6.45, 7) is 4.02. The van der Waals surface area contributed by atoms with E-state index in [0.29, 0.717) is 10.8 Å². The molecule has 1 saturated heterocycles. The Morgan fingerprint density at radius 3 is 3.12 bits per heavy atom. The molecular weight excluding hydrogens is 224 g/mol. The zero-order valence-electron chi connectivity index (χ0n) is 9.58. The van der Waals surface area contributed by atoms with Gasteiger partial charge in [0.15, 0.2) is 0 Å². The van der Waals surface area contributed by atoms with Crippen molar-refractivity contribution < 1.29 is 9.53 Å². The zero-order valence-corrected chi connectivity index (χ0v) is 10.4. The van der Waals surface area contributed by atoms with Crippen LogP contribution in [0.5, 0.6) is 0 Å². The molecule has 0 saturated carbocycles. The standard InChI is InChI=1S/C11H16N2O2S/c1-7-10(11(14)15-2)16-9(13-7)5-8-3-4-12-6-8/h8,12H,3-6H2,1-2H3. The number of aromatic nitrogens is 1. The van der Waals surface area contributed by atoms with Crippen LogP contribution in [0.25, 0.3) is 0 Å². The fourth-order valence-electron chi connectivity index (χ4n) is 1.96. The molecule has 1 aromatic heterocycles. The average Bonchev–Trinajstić information content (AvgIpc) is 2.88. The Morgan fingerprint density at radius 1 is 1.69 bits per heavy atom. The first-order valence-electron chi connectivity index (χ1n) is 5.46. The summed E-state index contributed by atoms with van der Waals surface area (Å²) in [5, 5.41) is 4.38. The second-order valence-corrected chi connectivity index (χ2v) is 5.16. The van der Waals surface area contributed by atoms with Crippen LogP contribution in [-0.2, 0) is 11.2 Å². The summed E-state index contributed by atoms with van der Waals surface area (Å²) in [5.41, 5.74) is 0.790. The van der Waals surface area contributed by atoms with E-state index in [-0.39, 0.29) is 5.97 Å². The predicted molar refractivity (Wildman–Crippen MR) is 62.9 cm³/mol. The van der Waals surface area contributed by atoms with Crippen molar-refractivity contribution in [3.63, 3.8) is 0 Å². The van der Waals surface area contributed by atoms with Crippen molar-refractivity contribution in [1.29, 1.82) is 0 Å². The summed E-state index contributed by atoms with van der Waals surface area (Å²) in [7, 11) is 1.40. The molecule has 0 radical (unpaired) electrons. The maximum atomic E-state index is 11.4. The number of nitrogens with zero attached hydrogens (tertiary/aromatic N) is 1. The highest BCUT2D eigenvalue weighted by Crippen LogP contribution is 2.23. The molecule has 1 N–H and O–H groups in total. The SMILES string of the molecule is COC(=O)c1sc(CC2CCNC2)nc1C. The van der Waals surface area contributed by atoms with E-state index in [1.807, 2.05) is 6.92 Å². The molecule has 1 atom stereocenters. The van der Waals surface area contributed by atoms with Crippen LogP contribution in [0.15, 0.2) is 0 Å². The van der Waals surface area contributed by atoms with Crippen molar-refractivity contribution in [1.82, 2.24) is 10.3 Å². The molecule has 0 amide bonds. The molecule has 5 heteroatoms. The molecule has 0 aromatic carbocycles. The first kappa shape index (κ1) is 11.5. The number of rotatable bonds is 3. The zero-order chi connectivity index (χ0) is 11.5. The molecule has 0 aliphatic carbocycles. The Balaban J connectivity index is 2.07. The first-order chi connectivity index (χ1) is 7.70. The second kappa shape index (κ2) is 4.93. The van der Waals surface area contributed by atoms with Gasteiger partial charge in [-0.1, -0.05) is 0 Å². The Bertz CT molecular complexity index is 383. The Labute approximate surface area is 99.0 Å². The maximum absolute atomic E-state index is 11.4. The van der Waals surface area contributed by atoms with Gasteiger partial charge >= 0.3 is 5.97 Å². The van der Waals surface area contributed by atoms with Crippen molar-refractivity contribution in [2.45, 2.75) is 19.8 Å². The van der Waals surface area contributed by atoms with E-state index in [1.165, 1.54) is 24.9 Å². The molecule has 1 aliphatic rings. The minimum atomic E-state index is -0.272. The van der Waals surface area contributed by atoms with E-state index in [1.54, 1.807) is 0 Å². The van der Waals surface area contributed by atoms with Crippen molar-refractivity contribution in [2.24, 2.45) is 5.92 Å². The minimum Gasteiger partial charge on any atom is -0.465 e.